The molecule has 0 bridgehead atoms. The number of amides is 5. The van der Waals surface area contributed by atoms with Gasteiger partial charge >= 0.3 is 6.03 Å². The fourth-order valence-electron chi connectivity index (χ4n) is 11.2. The van der Waals surface area contributed by atoms with Crippen molar-refractivity contribution in [3.63, 3.8) is 0 Å². The lowest BCUT2D eigenvalue weighted by Gasteiger charge is -2.47. The molecular formula is C50H62F2N10O4. The molecule has 16 heteroatoms. The molecule has 4 aliphatic heterocycles. The Morgan fingerprint density at radius 2 is 1.52 bits per heavy atom. The van der Waals surface area contributed by atoms with Crippen molar-refractivity contribution in [2.45, 2.75) is 91.0 Å². The Balaban J connectivity index is 0.707. The maximum atomic E-state index is 13.8. The van der Waals surface area contributed by atoms with Gasteiger partial charge < -0.3 is 24.9 Å². The Morgan fingerprint density at radius 3 is 2.20 bits per heavy atom. The number of piperidine rings is 2. The van der Waals surface area contributed by atoms with Gasteiger partial charge in [0, 0.05) is 98.5 Å². The lowest BCUT2D eigenvalue weighted by Crippen LogP contribution is -2.52. The number of likely N-dealkylation sites (tertiary alicyclic amines) is 2. The Labute approximate surface area is 385 Å². The summed E-state index contributed by atoms with van der Waals surface area (Å²) >= 11 is 0. The number of carbonyl (C=O) groups excluding carboxylic acids is 4. The first kappa shape index (κ1) is 45.4. The maximum absolute atomic E-state index is 13.8. The Kier molecular flexibility index (Phi) is 13.2. The van der Waals surface area contributed by atoms with E-state index in [0.29, 0.717) is 66.7 Å². The number of nitrogens with one attached hydrogen (secondary N) is 2. The van der Waals surface area contributed by atoms with E-state index in [1.165, 1.54) is 36.6 Å². The third-order valence-corrected chi connectivity index (χ3v) is 15.4. The summed E-state index contributed by atoms with van der Waals surface area (Å²) in [4.78, 5) is 66.2. The monoisotopic (exact) mass is 904 g/mol. The van der Waals surface area contributed by atoms with Gasteiger partial charge in [-0.05, 0) is 138 Å². The number of pyridine rings is 1. The number of rotatable bonds is 10. The SMILES string of the molecule is Cc1c(C(F)F)cccc1[C@@H](C)Nc1nnc(C)c2cnc(N3CCN(C(=O)C4CCN(CC5CCC6(CC5)CCN(C(=O)c5ccc(N7CCC(=O)NC7=O)cc5)CC6)CC4)CC3)cc12. The summed E-state index contributed by atoms with van der Waals surface area (Å²) < 4.78 is 27.3. The summed E-state index contributed by atoms with van der Waals surface area (Å²) in [5, 5.41) is 16.4. The van der Waals surface area contributed by atoms with Crippen molar-refractivity contribution < 1.29 is 28.0 Å². The van der Waals surface area contributed by atoms with Crippen LogP contribution in [0.2, 0.25) is 0 Å². The minimum absolute atomic E-state index is 0.0298. The van der Waals surface area contributed by atoms with E-state index >= 15 is 0 Å². The predicted molar refractivity (Wildman–Crippen MR) is 250 cm³/mol. The van der Waals surface area contributed by atoms with Crippen LogP contribution in [-0.2, 0) is 9.59 Å². The topological polar surface area (TPSA) is 147 Å². The predicted octanol–water partition coefficient (Wildman–Crippen LogP) is 7.67. The first-order valence-electron chi connectivity index (χ1n) is 23.9. The second-order valence-electron chi connectivity index (χ2n) is 19.4. The van der Waals surface area contributed by atoms with Crippen molar-refractivity contribution in [1.29, 1.82) is 0 Å². The number of imide groups is 1. The van der Waals surface area contributed by atoms with Crippen molar-refractivity contribution in [1.82, 2.24) is 35.2 Å². The summed E-state index contributed by atoms with van der Waals surface area (Å²) in [6.07, 6.45) is 8.21. The third-order valence-electron chi connectivity index (χ3n) is 15.4. The van der Waals surface area contributed by atoms with Gasteiger partial charge in [0.2, 0.25) is 11.8 Å². The molecule has 0 radical (unpaired) electrons. The number of nitrogens with zero attached hydrogens (tertiary/aromatic N) is 8. The van der Waals surface area contributed by atoms with Gasteiger partial charge in [0.15, 0.2) is 5.82 Å². The molecule has 5 fully saturated rings. The van der Waals surface area contributed by atoms with Gasteiger partial charge in [0.25, 0.3) is 12.3 Å². The van der Waals surface area contributed by atoms with Crippen LogP contribution < -0.4 is 20.4 Å². The Morgan fingerprint density at radius 1 is 0.818 bits per heavy atom. The van der Waals surface area contributed by atoms with Gasteiger partial charge in [-0.3, -0.25) is 24.6 Å². The van der Waals surface area contributed by atoms with E-state index in [0.717, 1.165) is 86.3 Å². The van der Waals surface area contributed by atoms with Gasteiger partial charge in [-0.25, -0.2) is 18.6 Å². The zero-order valence-corrected chi connectivity index (χ0v) is 38.4. The number of alkyl halides is 2. The highest BCUT2D eigenvalue weighted by Gasteiger charge is 2.40. The van der Waals surface area contributed by atoms with Gasteiger partial charge in [0.05, 0.1) is 11.7 Å². The van der Waals surface area contributed by atoms with Crippen LogP contribution in [0, 0.1) is 31.1 Å². The molecule has 0 unspecified atom stereocenters. The van der Waals surface area contributed by atoms with E-state index in [1.54, 1.807) is 37.3 Å². The highest BCUT2D eigenvalue weighted by Crippen LogP contribution is 2.47. The van der Waals surface area contributed by atoms with Crippen LogP contribution in [0.3, 0.4) is 0 Å². The van der Waals surface area contributed by atoms with Crippen molar-refractivity contribution in [2.75, 3.05) is 80.6 Å². The van der Waals surface area contributed by atoms with Crippen LogP contribution in [-0.4, -0.2) is 119 Å². The summed E-state index contributed by atoms with van der Waals surface area (Å²) in [5.74, 6) is 2.13. The van der Waals surface area contributed by atoms with E-state index < -0.39 is 12.5 Å². The zero-order valence-electron chi connectivity index (χ0n) is 38.4. The van der Waals surface area contributed by atoms with Gasteiger partial charge in [-0.15, -0.1) is 5.10 Å². The number of aromatic nitrogens is 3. The van der Waals surface area contributed by atoms with Gasteiger partial charge in [-0.1, -0.05) is 18.2 Å². The second kappa shape index (κ2) is 19.2. The number of benzene rings is 2. The van der Waals surface area contributed by atoms with Crippen LogP contribution in [0.15, 0.2) is 54.7 Å². The summed E-state index contributed by atoms with van der Waals surface area (Å²) in [6, 6.07) is 13.4. The first-order valence-corrected chi connectivity index (χ1v) is 23.9. The molecule has 2 aromatic carbocycles. The molecule has 1 saturated carbocycles. The summed E-state index contributed by atoms with van der Waals surface area (Å²) in [5.41, 5.74) is 3.73. The molecule has 350 valence electrons. The molecule has 9 rings (SSSR count). The maximum Gasteiger partial charge on any atom is 0.328 e. The molecule has 66 heavy (non-hydrogen) atoms. The summed E-state index contributed by atoms with van der Waals surface area (Å²) in [7, 11) is 0. The van der Waals surface area contributed by atoms with Crippen LogP contribution in [0.1, 0.15) is 110 Å². The van der Waals surface area contributed by atoms with Crippen molar-refractivity contribution in [3.8, 4) is 0 Å². The van der Waals surface area contributed by atoms with E-state index in [1.807, 2.05) is 42.0 Å². The minimum Gasteiger partial charge on any atom is -0.362 e. The van der Waals surface area contributed by atoms with E-state index in [-0.39, 0.29) is 41.7 Å². The number of fused-ring (bicyclic) bond motifs is 1. The van der Waals surface area contributed by atoms with Crippen LogP contribution in [0.25, 0.3) is 10.8 Å². The van der Waals surface area contributed by atoms with Crippen LogP contribution in [0.5, 0.6) is 0 Å². The lowest BCUT2D eigenvalue weighted by molar-refractivity contribution is -0.137. The summed E-state index contributed by atoms with van der Waals surface area (Å²) in [6.45, 7) is 13.1. The molecule has 4 aromatic rings. The molecule has 1 spiro atoms. The number of aryl methyl sites for hydroxylation is 1. The van der Waals surface area contributed by atoms with E-state index in [9.17, 15) is 28.0 Å². The largest absolute Gasteiger partial charge is 0.362 e. The quantitative estimate of drug-likeness (QED) is 0.163. The number of hydrogen-bond acceptors (Lipinski definition) is 10. The number of urea groups is 1. The van der Waals surface area contributed by atoms with Crippen LogP contribution in [0.4, 0.5) is 30.9 Å². The number of carbonyl (C=O) groups is 4. The molecule has 2 N–H and O–H groups in total. The fourth-order valence-corrected chi connectivity index (χ4v) is 11.2. The minimum atomic E-state index is -2.55. The van der Waals surface area contributed by atoms with Gasteiger partial charge in [-0.2, -0.15) is 5.10 Å². The average molecular weight is 905 g/mol. The average Bonchev–Trinajstić information content (AvgIpc) is 3.33. The molecule has 1 atom stereocenters. The molecular weight excluding hydrogens is 843 g/mol. The Hall–Kier alpha value is -5.77. The number of anilines is 3. The Bertz CT molecular complexity index is 2440. The number of halogens is 2. The van der Waals surface area contributed by atoms with E-state index in [2.05, 4.69) is 30.6 Å². The van der Waals surface area contributed by atoms with Gasteiger partial charge in [0.1, 0.15) is 5.82 Å². The number of piperazine rings is 1. The van der Waals surface area contributed by atoms with Crippen LogP contribution >= 0.6 is 0 Å². The van der Waals surface area contributed by atoms with E-state index in [4.69, 9.17) is 4.98 Å². The molecule has 5 aliphatic rings. The molecule has 6 heterocycles. The van der Waals surface area contributed by atoms with Crippen molar-refractivity contribution in [2.24, 2.45) is 17.3 Å². The highest BCUT2D eigenvalue weighted by molar-refractivity contribution is 6.06. The van der Waals surface area contributed by atoms with Crippen molar-refractivity contribution in [3.05, 3.63) is 82.7 Å². The normalized spacial score (nSPS) is 20.6. The third kappa shape index (κ3) is 9.56. The zero-order chi connectivity index (χ0) is 46.1. The standard InChI is InChI=1S/C50H62F2N10O4/c1-32-39(5-4-6-40(32)45(51)52)33(2)54-46-41-29-43(53-30-42(41)34(3)56-57-46)59-25-27-61(28-26-59)48(65)37-13-20-58(21-14-37)31-35-11-16-50(17-12-35)18-23-60(24-19-50)47(64)36-7-9-38(10-8-36)62-22-15-44(63)55-49(62)66/h4-10,29-30,33,35,37,45H,11-28,31H2,1-3H3,(H,54,57)(H,55,63,66)/t33-/m1/s1. The molecule has 2 aromatic heterocycles. The smallest absolute Gasteiger partial charge is 0.328 e. The molecule has 14 nitrogen and oxygen atoms in total. The first-order chi connectivity index (χ1) is 31.8. The number of hydrogen-bond donors (Lipinski definition) is 2. The highest BCUT2D eigenvalue weighted by atomic mass is 19.3. The van der Waals surface area contributed by atoms with Crippen molar-refractivity contribution >= 4 is 51.8 Å². The molecule has 1 aliphatic carbocycles. The molecule has 5 amide bonds. The second-order valence-corrected chi connectivity index (χ2v) is 19.4. The fraction of sp³-hybridized carbons (Fsp3) is 0.540. The molecule has 4 saturated heterocycles. The lowest BCUT2D eigenvalue weighted by atomic mass is 9.65.